The molecule has 4 nitrogen and oxygen atoms in total. The number of phenols is 1. The van der Waals surface area contributed by atoms with Crippen molar-refractivity contribution in [2.24, 2.45) is 0 Å². The van der Waals surface area contributed by atoms with E-state index in [9.17, 15) is 0 Å². The normalized spacial score (nSPS) is 11.6. The van der Waals surface area contributed by atoms with Crippen LogP contribution in [0.25, 0.3) is 11.0 Å². The van der Waals surface area contributed by atoms with E-state index in [2.05, 4.69) is 69.6 Å². The molecule has 0 aliphatic rings. The molecule has 0 saturated carbocycles. The molecule has 1 heterocycles. The van der Waals surface area contributed by atoms with E-state index in [1.54, 1.807) is 18.4 Å². The highest BCUT2D eigenvalue weighted by Gasteiger charge is 2.14. The van der Waals surface area contributed by atoms with Gasteiger partial charge in [0, 0.05) is 18.6 Å². The smallest absolute Gasteiger partial charge is 0.167 e. The monoisotopic (exact) mass is 520 g/mol. The highest BCUT2D eigenvalue weighted by molar-refractivity contribution is 9.09. The summed E-state index contributed by atoms with van der Waals surface area (Å²) >= 11 is 3.27. The van der Waals surface area contributed by atoms with Gasteiger partial charge in [0.15, 0.2) is 6.29 Å². The predicted molar refractivity (Wildman–Crippen MR) is 143 cm³/mol. The lowest BCUT2D eigenvalue weighted by Gasteiger charge is -2.18. The van der Waals surface area contributed by atoms with Crippen LogP contribution in [0.4, 0.5) is 0 Å². The van der Waals surface area contributed by atoms with Gasteiger partial charge in [-0.05, 0) is 66.1 Å². The van der Waals surface area contributed by atoms with Crippen LogP contribution in [-0.4, -0.2) is 29.9 Å². The average Bonchev–Trinajstić information content (AvgIpc) is 3.21. The predicted octanol–water partition coefficient (Wildman–Crippen LogP) is 8.20. The summed E-state index contributed by atoms with van der Waals surface area (Å²) in [5, 5.41) is 11.0. The summed E-state index contributed by atoms with van der Waals surface area (Å²) in [5.74, 6) is 0.331. The molecule has 0 atom stereocenters. The molecule has 0 fully saturated rings. The van der Waals surface area contributed by atoms with E-state index in [1.807, 2.05) is 38.1 Å². The van der Waals surface area contributed by atoms with Gasteiger partial charge in [-0.3, -0.25) is 0 Å². The quantitative estimate of drug-likeness (QED) is 0.272. The number of fused-ring (bicyclic) bond motifs is 1. The van der Waals surface area contributed by atoms with Crippen LogP contribution in [0.1, 0.15) is 66.5 Å². The van der Waals surface area contributed by atoms with E-state index in [0.717, 1.165) is 10.9 Å². The van der Waals surface area contributed by atoms with Gasteiger partial charge in [0.25, 0.3) is 0 Å². The number of hydrogen-bond acceptors (Lipinski definition) is 4. The minimum atomic E-state index is -0.0694. The fourth-order valence-corrected chi connectivity index (χ4v) is 3.28. The van der Waals surface area contributed by atoms with Gasteiger partial charge in [-0.2, -0.15) is 0 Å². The fourth-order valence-electron chi connectivity index (χ4n) is 2.90. The minimum absolute atomic E-state index is 0.0694. The summed E-state index contributed by atoms with van der Waals surface area (Å²) < 4.78 is 15.6. The van der Waals surface area contributed by atoms with Gasteiger partial charge < -0.3 is 19.0 Å². The third kappa shape index (κ3) is 10.8. The Bertz CT molecular complexity index is 911. The highest BCUT2D eigenvalue weighted by atomic mass is 79.9. The van der Waals surface area contributed by atoms with Crippen molar-refractivity contribution in [2.75, 3.05) is 18.5 Å². The van der Waals surface area contributed by atoms with Gasteiger partial charge in [0.05, 0.1) is 11.6 Å². The summed E-state index contributed by atoms with van der Waals surface area (Å²) in [7, 11) is 0. The Hall–Kier alpha value is -1.82. The zero-order valence-electron chi connectivity index (χ0n) is 21.4. The van der Waals surface area contributed by atoms with E-state index < -0.39 is 0 Å². The summed E-state index contributed by atoms with van der Waals surface area (Å²) in [6.07, 6.45) is 1.66. The zero-order valence-corrected chi connectivity index (χ0v) is 23.0. The van der Waals surface area contributed by atoms with E-state index in [4.69, 9.17) is 19.0 Å². The Balaban J connectivity index is 0.000000253. The summed E-state index contributed by atoms with van der Waals surface area (Å²) in [5.41, 5.74) is 3.95. The first-order valence-electron chi connectivity index (χ1n) is 11.5. The van der Waals surface area contributed by atoms with Crippen LogP contribution >= 0.6 is 15.9 Å². The van der Waals surface area contributed by atoms with Gasteiger partial charge in [0.2, 0.25) is 0 Å². The maximum absolute atomic E-state index is 9.02. The lowest BCUT2D eigenvalue weighted by Crippen LogP contribution is -2.18. The number of phenolic OH excluding ortho intramolecular Hbond substituents is 1. The fraction of sp³-hybridized carbons (Fsp3) is 0.500. The molecule has 0 bridgehead atoms. The highest BCUT2D eigenvalue weighted by Crippen LogP contribution is 2.26. The first-order valence-corrected chi connectivity index (χ1v) is 12.6. The Labute approximate surface area is 208 Å². The molecular formula is C28H41BrO4. The molecule has 33 heavy (non-hydrogen) atoms. The molecule has 5 heteroatoms. The maximum atomic E-state index is 9.02. The first-order chi connectivity index (χ1) is 15.4. The van der Waals surface area contributed by atoms with E-state index >= 15 is 0 Å². The van der Waals surface area contributed by atoms with Crippen molar-refractivity contribution < 1.29 is 19.0 Å². The molecule has 0 spiro atoms. The summed E-state index contributed by atoms with van der Waals surface area (Å²) in [6.45, 7) is 18.4. The molecule has 0 aliphatic heterocycles. The largest absolute Gasteiger partial charge is 0.508 e. The molecule has 2 aromatic carbocycles. The molecule has 1 N–H and O–H groups in total. The summed E-state index contributed by atoms with van der Waals surface area (Å²) in [6, 6.07) is 15.7. The van der Waals surface area contributed by atoms with E-state index in [-0.39, 0.29) is 17.1 Å². The van der Waals surface area contributed by atoms with Crippen molar-refractivity contribution in [3.63, 3.8) is 0 Å². The molecule has 0 aliphatic carbocycles. The van der Waals surface area contributed by atoms with Gasteiger partial charge in [0.1, 0.15) is 11.3 Å². The van der Waals surface area contributed by atoms with Crippen LogP contribution < -0.4 is 0 Å². The number of halogens is 1. The Morgan fingerprint density at radius 1 is 0.818 bits per heavy atom. The van der Waals surface area contributed by atoms with E-state index in [1.165, 1.54) is 16.5 Å². The Kier molecular flexibility index (Phi) is 12.2. The van der Waals surface area contributed by atoms with Gasteiger partial charge >= 0.3 is 0 Å². The number of furan rings is 1. The Morgan fingerprint density at radius 3 is 1.79 bits per heavy atom. The topological polar surface area (TPSA) is 51.8 Å². The van der Waals surface area contributed by atoms with Gasteiger partial charge in [-0.25, -0.2) is 0 Å². The van der Waals surface area contributed by atoms with Crippen LogP contribution in [0.15, 0.2) is 59.2 Å². The molecule has 1 aromatic heterocycles. The number of benzene rings is 2. The number of ether oxygens (including phenoxy) is 2. The van der Waals surface area contributed by atoms with Crippen molar-refractivity contribution in [1.82, 2.24) is 0 Å². The molecule has 184 valence electrons. The molecular weight excluding hydrogens is 480 g/mol. The molecule has 3 aromatic rings. The van der Waals surface area contributed by atoms with Crippen molar-refractivity contribution in [2.45, 2.75) is 72.5 Å². The van der Waals surface area contributed by atoms with E-state index in [0.29, 0.717) is 19.0 Å². The third-order valence-corrected chi connectivity index (χ3v) is 5.41. The standard InChI is InChI=1S/C12H14O.C10H14O.C6H13BrO2/c1-12(2,3)10-4-5-11-9(8-10)6-7-13-11;1-10(2,3)8-4-6-9(11)7-5-8;1-3-8-6(5-7)9-4-2/h4-8H,1-3H3;4-7,11H,1-3H3;6H,3-5H2,1-2H3. The van der Waals surface area contributed by atoms with Crippen LogP contribution in [0, 0.1) is 0 Å². The second-order valence-corrected chi connectivity index (χ2v) is 10.4. The number of hydrogen-bond donors (Lipinski definition) is 1. The number of alkyl halides is 1. The SMILES string of the molecule is CC(C)(C)c1ccc(O)cc1.CC(C)(C)c1ccc2occc2c1.CCOC(CBr)OCC. The minimum Gasteiger partial charge on any atom is -0.508 e. The summed E-state index contributed by atoms with van der Waals surface area (Å²) in [4.78, 5) is 0. The molecule has 0 saturated heterocycles. The average molecular weight is 522 g/mol. The lowest BCUT2D eigenvalue weighted by molar-refractivity contribution is -0.119. The third-order valence-electron chi connectivity index (χ3n) is 4.88. The van der Waals surface area contributed by atoms with Crippen molar-refractivity contribution in [1.29, 1.82) is 0 Å². The molecule has 0 unspecified atom stereocenters. The van der Waals surface area contributed by atoms with Crippen LogP contribution in [0.2, 0.25) is 0 Å². The number of rotatable bonds is 5. The molecule has 3 rings (SSSR count). The van der Waals surface area contributed by atoms with Crippen molar-refractivity contribution in [3.05, 3.63) is 65.9 Å². The van der Waals surface area contributed by atoms with Crippen LogP contribution in [-0.2, 0) is 20.3 Å². The van der Waals surface area contributed by atoms with Gasteiger partial charge in [-0.1, -0.05) is 75.7 Å². The van der Waals surface area contributed by atoms with Crippen molar-refractivity contribution in [3.8, 4) is 5.75 Å². The van der Waals surface area contributed by atoms with Crippen LogP contribution in [0.3, 0.4) is 0 Å². The lowest BCUT2D eigenvalue weighted by atomic mass is 9.87. The van der Waals surface area contributed by atoms with Crippen LogP contribution in [0.5, 0.6) is 5.75 Å². The maximum Gasteiger partial charge on any atom is 0.167 e. The molecule has 0 amide bonds. The second kappa shape index (κ2) is 13.8. The second-order valence-electron chi connectivity index (χ2n) is 9.71. The van der Waals surface area contributed by atoms with Gasteiger partial charge in [-0.15, -0.1) is 0 Å². The number of aromatic hydroxyl groups is 1. The zero-order chi connectivity index (χ0) is 25.1. The van der Waals surface area contributed by atoms with Crippen molar-refractivity contribution >= 4 is 26.9 Å². The first kappa shape index (κ1) is 29.2. The molecule has 0 radical (unpaired) electrons. The Morgan fingerprint density at radius 2 is 1.33 bits per heavy atom.